The summed E-state index contributed by atoms with van der Waals surface area (Å²) in [6.07, 6.45) is 0.930. The molecule has 52 valence electrons. The minimum atomic E-state index is 0.279. The maximum absolute atomic E-state index is 8.42. The lowest BCUT2D eigenvalue weighted by atomic mass is 10.5. The number of hydrogen-bond acceptors (Lipinski definition) is 4. The van der Waals surface area contributed by atoms with Crippen LogP contribution in [0.4, 0.5) is 0 Å². The molecule has 1 aromatic heterocycles. The summed E-state index contributed by atoms with van der Waals surface area (Å²) in [5, 5.41) is 18.9. The molecule has 0 amide bonds. The SMILES string of the molecule is CCCn1nnnc1C#N. The molecular formula is C5H7N5. The van der Waals surface area contributed by atoms with Gasteiger partial charge in [0.2, 0.25) is 0 Å². The molecule has 0 bridgehead atoms. The smallest absolute Gasteiger partial charge is 0.217 e. The monoisotopic (exact) mass is 137 g/mol. The number of nitrogens with zero attached hydrogens (tertiary/aromatic N) is 5. The number of tetrazole rings is 1. The lowest BCUT2D eigenvalue weighted by Gasteiger charge is -1.92. The summed E-state index contributed by atoms with van der Waals surface area (Å²) in [6, 6.07) is 1.89. The summed E-state index contributed by atoms with van der Waals surface area (Å²) in [6.45, 7) is 2.71. The normalized spacial score (nSPS) is 9.20. The van der Waals surface area contributed by atoms with E-state index in [9.17, 15) is 0 Å². The van der Waals surface area contributed by atoms with Gasteiger partial charge in [0.1, 0.15) is 6.07 Å². The van der Waals surface area contributed by atoms with Gasteiger partial charge in [-0.15, -0.1) is 0 Å². The summed E-state index contributed by atoms with van der Waals surface area (Å²) in [5.74, 6) is 0.279. The Morgan fingerprint density at radius 2 is 2.50 bits per heavy atom. The first-order chi connectivity index (χ1) is 4.88. The topological polar surface area (TPSA) is 67.4 Å². The van der Waals surface area contributed by atoms with E-state index in [1.165, 1.54) is 4.68 Å². The Morgan fingerprint density at radius 1 is 1.70 bits per heavy atom. The highest BCUT2D eigenvalue weighted by Crippen LogP contribution is 1.90. The quantitative estimate of drug-likeness (QED) is 0.573. The molecule has 0 spiro atoms. The Labute approximate surface area is 58.3 Å². The number of hydrogen-bond donors (Lipinski definition) is 0. The van der Waals surface area contributed by atoms with Crippen LogP contribution in [0.2, 0.25) is 0 Å². The molecular weight excluding hydrogens is 130 g/mol. The van der Waals surface area contributed by atoms with Gasteiger partial charge < -0.3 is 0 Å². The Morgan fingerprint density at radius 3 is 3.10 bits per heavy atom. The van der Waals surface area contributed by atoms with Crippen LogP contribution < -0.4 is 0 Å². The summed E-state index contributed by atoms with van der Waals surface area (Å²) >= 11 is 0. The Balaban J connectivity index is 2.82. The zero-order valence-corrected chi connectivity index (χ0v) is 5.65. The van der Waals surface area contributed by atoms with Gasteiger partial charge in [0.05, 0.1) is 0 Å². The van der Waals surface area contributed by atoms with Crippen molar-refractivity contribution in [2.75, 3.05) is 0 Å². The van der Waals surface area contributed by atoms with Crippen LogP contribution in [0.3, 0.4) is 0 Å². The first-order valence-electron chi connectivity index (χ1n) is 3.04. The zero-order chi connectivity index (χ0) is 7.40. The third-order valence-electron chi connectivity index (χ3n) is 1.07. The van der Waals surface area contributed by atoms with Gasteiger partial charge in [0.25, 0.3) is 5.82 Å². The number of rotatable bonds is 2. The predicted octanol–water partition coefficient (Wildman–Crippen LogP) is -0.0452. The second kappa shape index (κ2) is 2.92. The third-order valence-corrected chi connectivity index (χ3v) is 1.07. The van der Waals surface area contributed by atoms with Crippen LogP contribution in [0.25, 0.3) is 0 Å². The first kappa shape index (κ1) is 6.68. The lowest BCUT2D eigenvalue weighted by molar-refractivity contribution is 0.573. The summed E-state index contributed by atoms with van der Waals surface area (Å²) < 4.78 is 1.49. The standard InChI is InChI=1S/C5H7N5/c1-2-3-10-5(4-6)7-8-9-10/h2-3H2,1H3. The highest BCUT2D eigenvalue weighted by atomic mass is 15.5. The Kier molecular flexibility index (Phi) is 1.95. The number of aromatic nitrogens is 4. The van der Waals surface area contributed by atoms with Crippen LogP contribution in [-0.4, -0.2) is 20.2 Å². The maximum Gasteiger partial charge on any atom is 0.253 e. The minimum Gasteiger partial charge on any atom is -0.217 e. The van der Waals surface area contributed by atoms with Crippen molar-refractivity contribution in [3.05, 3.63) is 5.82 Å². The number of nitriles is 1. The van der Waals surface area contributed by atoms with Gasteiger partial charge in [-0.2, -0.15) is 5.26 Å². The van der Waals surface area contributed by atoms with E-state index in [0.717, 1.165) is 6.42 Å². The molecule has 0 saturated carbocycles. The van der Waals surface area contributed by atoms with E-state index in [1.54, 1.807) is 0 Å². The Bertz CT molecular complexity index is 245. The fraction of sp³-hybridized carbons (Fsp3) is 0.600. The maximum atomic E-state index is 8.42. The van der Waals surface area contributed by atoms with Gasteiger partial charge >= 0.3 is 0 Å². The third kappa shape index (κ3) is 1.10. The van der Waals surface area contributed by atoms with Gasteiger partial charge in [-0.05, 0) is 16.8 Å². The number of aryl methyl sites for hydroxylation is 1. The van der Waals surface area contributed by atoms with Crippen LogP contribution >= 0.6 is 0 Å². The van der Waals surface area contributed by atoms with E-state index in [1.807, 2.05) is 13.0 Å². The minimum absolute atomic E-state index is 0.279. The van der Waals surface area contributed by atoms with E-state index in [2.05, 4.69) is 15.5 Å². The van der Waals surface area contributed by atoms with Crippen molar-refractivity contribution < 1.29 is 0 Å². The zero-order valence-electron chi connectivity index (χ0n) is 5.65. The van der Waals surface area contributed by atoms with Crippen molar-refractivity contribution >= 4 is 0 Å². The molecule has 0 radical (unpaired) electrons. The highest BCUT2D eigenvalue weighted by Gasteiger charge is 2.00. The molecule has 1 rings (SSSR count). The highest BCUT2D eigenvalue weighted by molar-refractivity contribution is 5.05. The van der Waals surface area contributed by atoms with Crippen molar-refractivity contribution in [3.63, 3.8) is 0 Å². The molecule has 0 fully saturated rings. The van der Waals surface area contributed by atoms with E-state index < -0.39 is 0 Å². The fourth-order valence-electron chi connectivity index (χ4n) is 0.647. The molecule has 0 unspecified atom stereocenters. The molecule has 1 aromatic rings. The van der Waals surface area contributed by atoms with E-state index in [-0.39, 0.29) is 5.82 Å². The van der Waals surface area contributed by atoms with Gasteiger partial charge in [-0.1, -0.05) is 12.0 Å². The van der Waals surface area contributed by atoms with Gasteiger partial charge in [-0.25, -0.2) is 4.68 Å². The summed E-state index contributed by atoms with van der Waals surface area (Å²) in [5.41, 5.74) is 0. The van der Waals surface area contributed by atoms with Crippen LogP contribution in [0.5, 0.6) is 0 Å². The van der Waals surface area contributed by atoms with Crippen molar-refractivity contribution in [3.8, 4) is 6.07 Å². The summed E-state index contributed by atoms with van der Waals surface area (Å²) in [4.78, 5) is 0. The van der Waals surface area contributed by atoms with Crippen LogP contribution in [0, 0.1) is 11.3 Å². The summed E-state index contributed by atoms with van der Waals surface area (Å²) in [7, 11) is 0. The molecule has 0 aliphatic carbocycles. The molecule has 0 aliphatic heterocycles. The molecule has 0 N–H and O–H groups in total. The molecule has 0 aliphatic rings. The average molecular weight is 137 g/mol. The molecule has 5 nitrogen and oxygen atoms in total. The van der Waals surface area contributed by atoms with Gasteiger partial charge in [-0.3, -0.25) is 0 Å². The molecule has 0 atom stereocenters. The fourth-order valence-corrected chi connectivity index (χ4v) is 0.647. The van der Waals surface area contributed by atoms with Gasteiger partial charge in [0.15, 0.2) is 0 Å². The van der Waals surface area contributed by atoms with E-state index in [4.69, 9.17) is 5.26 Å². The second-order valence-corrected chi connectivity index (χ2v) is 1.84. The van der Waals surface area contributed by atoms with E-state index >= 15 is 0 Å². The molecule has 1 heterocycles. The van der Waals surface area contributed by atoms with Crippen LogP contribution in [0.1, 0.15) is 19.2 Å². The Hall–Kier alpha value is -1.44. The van der Waals surface area contributed by atoms with Crippen molar-refractivity contribution in [2.45, 2.75) is 19.9 Å². The molecule has 10 heavy (non-hydrogen) atoms. The van der Waals surface area contributed by atoms with Crippen molar-refractivity contribution in [1.82, 2.24) is 20.2 Å². The molecule has 5 heteroatoms. The lowest BCUT2D eigenvalue weighted by Crippen LogP contribution is -2.01. The molecule has 0 aromatic carbocycles. The van der Waals surface area contributed by atoms with Gasteiger partial charge in [0, 0.05) is 6.54 Å². The largest absolute Gasteiger partial charge is 0.253 e. The van der Waals surface area contributed by atoms with Crippen LogP contribution in [0.15, 0.2) is 0 Å². The van der Waals surface area contributed by atoms with Crippen molar-refractivity contribution in [1.29, 1.82) is 5.26 Å². The first-order valence-corrected chi connectivity index (χ1v) is 3.04. The predicted molar refractivity (Wildman–Crippen MR) is 32.8 cm³/mol. The average Bonchev–Trinajstić information content (AvgIpc) is 2.36. The molecule has 0 saturated heterocycles. The van der Waals surface area contributed by atoms with Crippen LogP contribution in [-0.2, 0) is 6.54 Å². The second-order valence-electron chi connectivity index (χ2n) is 1.84. The van der Waals surface area contributed by atoms with E-state index in [0.29, 0.717) is 6.54 Å². The van der Waals surface area contributed by atoms with Crippen molar-refractivity contribution in [2.24, 2.45) is 0 Å².